The molecule has 4 heteroatoms. The van der Waals surface area contributed by atoms with Crippen molar-refractivity contribution in [2.75, 3.05) is 5.73 Å². The molecule has 4 nitrogen and oxygen atoms in total. The molecule has 0 atom stereocenters. The first-order valence-electron chi connectivity index (χ1n) is 3.56. The van der Waals surface area contributed by atoms with Crippen molar-refractivity contribution in [3.8, 4) is 5.69 Å². The van der Waals surface area contributed by atoms with Crippen LogP contribution in [0, 0.1) is 0 Å². The summed E-state index contributed by atoms with van der Waals surface area (Å²) >= 11 is 0. The van der Waals surface area contributed by atoms with E-state index in [0.717, 1.165) is 5.69 Å². The molecule has 0 radical (unpaired) electrons. The second kappa shape index (κ2) is 2.65. The Balaban J connectivity index is 2.55. The van der Waals surface area contributed by atoms with Crippen LogP contribution in [-0.2, 0) is 0 Å². The normalized spacial score (nSPS) is 10.0. The van der Waals surface area contributed by atoms with Gasteiger partial charge in [-0.3, -0.25) is 4.98 Å². The topological polar surface area (TPSA) is 56.7 Å². The Bertz CT molecular complexity index is 366. The monoisotopic (exact) mass is 160 g/mol. The van der Waals surface area contributed by atoms with Gasteiger partial charge in [0, 0.05) is 18.6 Å². The summed E-state index contributed by atoms with van der Waals surface area (Å²) in [7, 11) is 0. The highest BCUT2D eigenvalue weighted by atomic mass is 15.0. The van der Waals surface area contributed by atoms with Crippen LogP contribution in [0.25, 0.3) is 5.69 Å². The van der Waals surface area contributed by atoms with Crippen LogP contribution in [0.5, 0.6) is 0 Å². The molecule has 2 rings (SSSR count). The molecule has 0 amide bonds. The van der Waals surface area contributed by atoms with E-state index in [1.54, 1.807) is 24.9 Å². The van der Waals surface area contributed by atoms with Crippen molar-refractivity contribution in [3.05, 3.63) is 37.2 Å². The SMILES string of the molecule is Nc1cnccc1-n1ccnc1. The summed E-state index contributed by atoms with van der Waals surface area (Å²) < 4.78 is 1.84. The Morgan fingerprint density at radius 1 is 1.25 bits per heavy atom. The van der Waals surface area contributed by atoms with Gasteiger partial charge in [-0.1, -0.05) is 0 Å². The first-order chi connectivity index (χ1) is 5.88. The molecule has 0 saturated carbocycles. The van der Waals surface area contributed by atoms with Gasteiger partial charge in [-0.25, -0.2) is 4.98 Å². The summed E-state index contributed by atoms with van der Waals surface area (Å²) in [5.41, 5.74) is 7.25. The molecular formula is C8H8N4. The van der Waals surface area contributed by atoms with Crippen molar-refractivity contribution >= 4 is 5.69 Å². The molecule has 0 aliphatic rings. The predicted octanol–water partition coefficient (Wildman–Crippen LogP) is 0.850. The minimum atomic E-state index is 0.649. The highest BCUT2D eigenvalue weighted by Crippen LogP contribution is 2.13. The quantitative estimate of drug-likeness (QED) is 0.672. The van der Waals surface area contributed by atoms with Gasteiger partial charge in [0.2, 0.25) is 0 Å². The summed E-state index contributed by atoms with van der Waals surface area (Å²) in [5.74, 6) is 0. The van der Waals surface area contributed by atoms with E-state index in [0.29, 0.717) is 5.69 Å². The molecule has 2 aromatic rings. The Morgan fingerprint density at radius 3 is 2.83 bits per heavy atom. The van der Waals surface area contributed by atoms with E-state index in [1.807, 2.05) is 16.8 Å². The molecule has 0 bridgehead atoms. The number of aromatic nitrogens is 3. The molecule has 60 valence electrons. The predicted molar refractivity (Wildman–Crippen MR) is 45.8 cm³/mol. The van der Waals surface area contributed by atoms with Crippen LogP contribution in [0.4, 0.5) is 5.69 Å². The second-order valence-corrected chi connectivity index (χ2v) is 2.40. The van der Waals surface area contributed by atoms with Crippen LogP contribution in [0.3, 0.4) is 0 Å². The zero-order valence-electron chi connectivity index (χ0n) is 6.38. The van der Waals surface area contributed by atoms with Crippen LogP contribution in [0.15, 0.2) is 37.2 Å². The maximum absolute atomic E-state index is 5.70. The van der Waals surface area contributed by atoms with Crippen LogP contribution in [0.1, 0.15) is 0 Å². The summed E-state index contributed by atoms with van der Waals surface area (Å²) in [6.07, 6.45) is 8.57. The number of imidazole rings is 1. The Hall–Kier alpha value is -1.84. The third-order valence-corrected chi connectivity index (χ3v) is 1.61. The largest absolute Gasteiger partial charge is 0.396 e. The number of nitrogens with zero attached hydrogens (tertiary/aromatic N) is 3. The van der Waals surface area contributed by atoms with Gasteiger partial charge >= 0.3 is 0 Å². The number of hydrogen-bond acceptors (Lipinski definition) is 3. The fraction of sp³-hybridized carbons (Fsp3) is 0. The minimum Gasteiger partial charge on any atom is -0.396 e. The molecule has 0 saturated heterocycles. The first kappa shape index (κ1) is 6.84. The highest BCUT2D eigenvalue weighted by Gasteiger charge is 1.98. The van der Waals surface area contributed by atoms with Gasteiger partial charge in [0.25, 0.3) is 0 Å². The zero-order valence-corrected chi connectivity index (χ0v) is 6.38. The summed E-state index contributed by atoms with van der Waals surface area (Å²) in [5, 5.41) is 0. The number of nitrogens with two attached hydrogens (primary N) is 1. The summed E-state index contributed by atoms with van der Waals surface area (Å²) in [6, 6.07) is 1.84. The summed E-state index contributed by atoms with van der Waals surface area (Å²) in [4.78, 5) is 7.82. The lowest BCUT2D eigenvalue weighted by molar-refractivity contribution is 1.05. The third kappa shape index (κ3) is 1.03. The molecule has 0 aliphatic carbocycles. The van der Waals surface area contributed by atoms with Crippen molar-refractivity contribution in [3.63, 3.8) is 0 Å². The van der Waals surface area contributed by atoms with Crippen molar-refractivity contribution in [2.45, 2.75) is 0 Å². The second-order valence-electron chi connectivity index (χ2n) is 2.40. The maximum atomic E-state index is 5.70. The smallest absolute Gasteiger partial charge is 0.0992 e. The number of hydrogen-bond donors (Lipinski definition) is 1. The van der Waals surface area contributed by atoms with Gasteiger partial charge in [-0.05, 0) is 6.07 Å². The lowest BCUT2D eigenvalue weighted by atomic mass is 10.3. The zero-order chi connectivity index (χ0) is 8.39. The van der Waals surface area contributed by atoms with Crippen LogP contribution in [-0.4, -0.2) is 14.5 Å². The molecule has 0 aromatic carbocycles. The van der Waals surface area contributed by atoms with Gasteiger partial charge in [-0.15, -0.1) is 0 Å². The average molecular weight is 160 g/mol. The molecule has 2 N–H and O–H groups in total. The molecule has 0 spiro atoms. The highest BCUT2D eigenvalue weighted by molar-refractivity contribution is 5.55. The molecule has 2 aromatic heterocycles. The molecular weight excluding hydrogens is 152 g/mol. The lowest BCUT2D eigenvalue weighted by Gasteiger charge is -2.03. The standard InChI is InChI=1S/C8H8N4/c9-7-5-10-2-1-8(7)12-4-3-11-6-12/h1-6H,9H2. The van der Waals surface area contributed by atoms with Gasteiger partial charge in [0.15, 0.2) is 0 Å². The van der Waals surface area contributed by atoms with Crippen LogP contribution in [0.2, 0.25) is 0 Å². The maximum Gasteiger partial charge on any atom is 0.0992 e. The fourth-order valence-electron chi connectivity index (χ4n) is 1.04. The van der Waals surface area contributed by atoms with Crippen LogP contribution < -0.4 is 5.73 Å². The number of anilines is 1. The first-order valence-corrected chi connectivity index (χ1v) is 3.56. The van der Waals surface area contributed by atoms with Gasteiger partial charge in [0.1, 0.15) is 0 Å². The number of rotatable bonds is 1. The van der Waals surface area contributed by atoms with Crippen molar-refractivity contribution < 1.29 is 0 Å². The number of nitrogen functional groups attached to an aromatic ring is 1. The Morgan fingerprint density at radius 2 is 2.17 bits per heavy atom. The average Bonchev–Trinajstić information content (AvgIpc) is 2.57. The van der Waals surface area contributed by atoms with E-state index in [-0.39, 0.29) is 0 Å². The van der Waals surface area contributed by atoms with Gasteiger partial charge in [0.05, 0.1) is 23.9 Å². The van der Waals surface area contributed by atoms with Crippen molar-refractivity contribution in [1.29, 1.82) is 0 Å². The van der Waals surface area contributed by atoms with E-state index >= 15 is 0 Å². The minimum absolute atomic E-state index is 0.649. The van der Waals surface area contributed by atoms with Gasteiger partial charge < -0.3 is 10.3 Å². The Labute approximate surface area is 69.7 Å². The van der Waals surface area contributed by atoms with Crippen molar-refractivity contribution in [2.24, 2.45) is 0 Å². The molecule has 0 aliphatic heterocycles. The number of pyridine rings is 1. The molecule has 12 heavy (non-hydrogen) atoms. The summed E-state index contributed by atoms with van der Waals surface area (Å²) in [6.45, 7) is 0. The Kier molecular flexibility index (Phi) is 1.51. The van der Waals surface area contributed by atoms with E-state index in [9.17, 15) is 0 Å². The fourth-order valence-corrected chi connectivity index (χ4v) is 1.04. The van der Waals surface area contributed by atoms with Gasteiger partial charge in [-0.2, -0.15) is 0 Å². The van der Waals surface area contributed by atoms with E-state index in [1.165, 1.54) is 0 Å². The molecule has 0 unspecified atom stereocenters. The van der Waals surface area contributed by atoms with Crippen molar-refractivity contribution in [1.82, 2.24) is 14.5 Å². The lowest BCUT2D eigenvalue weighted by Crippen LogP contribution is -1.97. The molecule has 0 fully saturated rings. The third-order valence-electron chi connectivity index (χ3n) is 1.61. The van der Waals surface area contributed by atoms with E-state index in [4.69, 9.17) is 5.73 Å². The molecule has 2 heterocycles. The van der Waals surface area contributed by atoms with Crippen LogP contribution >= 0.6 is 0 Å². The van der Waals surface area contributed by atoms with E-state index in [2.05, 4.69) is 9.97 Å². The van der Waals surface area contributed by atoms with E-state index < -0.39 is 0 Å².